The predicted octanol–water partition coefficient (Wildman–Crippen LogP) is 4.52. The molecule has 0 atom stereocenters. The highest BCUT2D eigenvalue weighted by atomic mass is 15.3. The molecule has 0 bridgehead atoms. The fourth-order valence-electron chi connectivity index (χ4n) is 5.74. The minimum absolute atomic E-state index is 0.792. The maximum Gasteiger partial charge on any atom is 0.159 e. The lowest BCUT2D eigenvalue weighted by atomic mass is 10.0. The highest BCUT2D eigenvalue weighted by Crippen LogP contribution is 2.33. The van der Waals surface area contributed by atoms with Gasteiger partial charge in [-0.05, 0) is 74.4 Å². The molecule has 5 aromatic rings. The van der Waals surface area contributed by atoms with Gasteiger partial charge in [0, 0.05) is 56.1 Å². The van der Waals surface area contributed by atoms with Gasteiger partial charge in [-0.3, -0.25) is 15.0 Å². The van der Waals surface area contributed by atoms with Crippen molar-refractivity contribution >= 4 is 27.6 Å². The van der Waals surface area contributed by atoms with Crippen LogP contribution in [0.2, 0.25) is 0 Å². The van der Waals surface area contributed by atoms with Crippen molar-refractivity contribution in [3.05, 3.63) is 60.4 Å². The summed E-state index contributed by atoms with van der Waals surface area (Å²) in [6.45, 7) is 7.48. The van der Waals surface area contributed by atoms with Gasteiger partial charge in [0.2, 0.25) is 0 Å². The standard InChI is InChI=1S/C29H32N8/c1-35-11-13-37(14-12-35)26-6-4-5-25-28(26)32-29(31-25)27-23-16-21(7-8-24(23)33-34-27)22-15-20(17-30-18-22)19-36-9-2-3-10-36/h4-8,15-18H,2-3,9-14,19H2,1H3,(H,31,32)(H,33,34). The summed E-state index contributed by atoms with van der Waals surface area (Å²) in [5, 5.41) is 8.93. The van der Waals surface area contributed by atoms with Crippen LogP contribution < -0.4 is 4.90 Å². The first-order valence-electron chi connectivity index (χ1n) is 13.3. The number of fused-ring (bicyclic) bond motifs is 2. The van der Waals surface area contributed by atoms with Gasteiger partial charge < -0.3 is 14.8 Å². The van der Waals surface area contributed by atoms with Crippen LogP contribution in [0.5, 0.6) is 0 Å². The summed E-state index contributed by atoms with van der Waals surface area (Å²) in [5.74, 6) is 0.792. The number of hydrogen-bond acceptors (Lipinski definition) is 6. The molecular weight excluding hydrogens is 460 g/mol. The Hall–Kier alpha value is -3.75. The first kappa shape index (κ1) is 22.4. The SMILES string of the molecule is CN1CCN(c2cccc3[nH]c(-c4n[nH]c5ccc(-c6cncc(CN7CCCC7)c6)cc45)nc23)CC1. The molecule has 37 heavy (non-hydrogen) atoms. The van der Waals surface area contributed by atoms with Gasteiger partial charge in [-0.1, -0.05) is 12.1 Å². The maximum absolute atomic E-state index is 5.06. The number of H-pyrrole nitrogens is 2. The van der Waals surface area contributed by atoms with Gasteiger partial charge in [0.15, 0.2) is 5.82 Å². The summed E-state index contributed by atoms with van der Waals surface area (Å²) >= 11 is 0. The summed E-state index contributed by atoms with van der Waals surface area (Å²) < 4.78 is 0. The molecule has 0 amide bonds. The van der Waals surface area contributed by atoms with E-state index in [1.54, 1.807) is 0 Å². The predicted molar refractivity (Wildman–Crippen MR) is 149 cm³/mol. The van der Waals surface area contributed by atoms with Crippen molar-refractivity contribution in [2.24, 2.45) is 0 Å². The van der Waals surface area contributed by atoms with Crippen LogP contribution in [0.4, 0.5) is 5.69 Å². The number of nitrogens with zero attached hydrogens (tertiary/aromatic N) is 6. The van der Waals surface area contributed by atoms with E-state index in [9.17, 15) is 0 Å². The molecule has 3 aromatic heterocycles. The monoisotopic (exact) mass is 492 g/mol. The molecule has 0 aliphatic carbocycles. The number of nitrogens with one attached hydrogen (secondary N) is 2. The van der Waals surface area contributed by atoms with Crippen LogP contribution in [-0.4, -0.2) is 81.3 Å². The molecule has 188 valence electrons. The Labute approximate surface area is 216 Å². The number of likely N-dealkylation sites (N-methyl/N-ethyl adjacent to an activating group) is 1. The van der Waals surface area contributed by atoms with Crippen molar-refractivity contribution in [2.45, 2.75) is 19.4 Å². The first-order chi connectivity index (χ1) is 18.2. The summed E-state index contributed by atoms with van der Waals surface area (Å²) in [6.07, 6.45) is 6.55. The lowest BCUT2D eigenvalue weighted by molar-refractivity contribution is 0.313. The van der Waals surface area contributed by atoms with E-state index in [0.29, 0.717) is 0 Å². The van der Waals surface area contributed by atoms with Gasteiger partial charge in [-0.25, -0.2) is 4.98 Å². The molecule has 0 saturated carbocycles. The quantitative estimate of drug-likeness (QED) is 0.376. The number of para-hydroxylation sites is 1. The van der Waals surface area contributed by atoms with Crippen molar-refractivity contribution in [3.63, 3.8) is 0 Å². The van der Waals surface area contributed by atoms with E-state index in [4.69, 9.17) is 4.98 Å². The molecule has 2 aliphatic heterocycles. The first-order valence-corrected chi connectivity index (χ1v) is 13.3. The molecule has 2 aliphatic rings. The molecule has 2 aromatic carbocycles. The number of imidazole rings is 1. The maximum atomic E-state index is 5.06. The minimum atomic E-state index is 0.792. The summed E-state index contributed by atoms with van der Waals surface area (Å²) in [4.78, 5) is 20.5. The number of anilines is 1. The van der Waals surface area contributed by atoms with Gasteiger partial charge in [-0.2, -0.15) is 5.10 Å². The second kappa shape index (κ2) is 9.28. The Kier molecular flexibility index (Phi) is 5.63. The summed E-state index contributed by atoms with van der Waals surface area (Å²) in [6, 6.07) is 15.1. The molecule has 2 N–H and O–H groups in total. The molecule has 7 rings (SSSR count). The highest BCUT2D eigenvalue weighted by Gasteiger charge is 2.20. The van der Waals surface area contributed by atoms with E-state index in [1.165, 1.54) is 37.2 Å². The second-order valence-electron chi connectivity index (χ2n) is 10.4. The van der Waals surface area contributed by atoms with Crippen LogP contribution in [0, 0.1) is 0 Å². The third-order valence-electron chi connectivity index (χ3n) is 7.86. The van der Waals surface area contributed by atoms with Crippen LogP contribution in [0.3, 0.4) is 0 Å². The van der Waals surface area contributed by atoms with Crippen LogP contribution >= 0.6 is 0 Å². The number of aromatic nitrogens is 5. The summed E-state index contributed by atoms with van der Waals surface area (Å²) in [7, 11) is 2.18. The number of hydrogen-bond donors (Lipinski definition) is 2. The Morgan fingerprint density at radius 3 is 2.59 bits per heavy atom. The molecular formula is C29H32N8. The van der Waals surface area contributed by atoms with Gasteiger partial charge in [0.05, 0.1) is 16.7 Å². The Morgan fingerprint density at radius 2 is 1.73 bits per heavy atom. The van der Waals surface area contributed by atoms with Gasteiger partial charge in [-0.15, -0.1) is 0 Å². The lowest BCUT2D eigenvalue weighted by Crippen LogP contribution is -2.44. The highest BCUT2D eigenvalue weighted by molar-refractivity contribution is 5.97. The zero-order chi connectivity index (χ0) is 24.8. The van der Waals surface area contributed by atoms with E-state index in [0.717, 1.165) is 77.3 Å². The summed E-state index contributed by atoms with van der Waals surface area (Å²) in [5.41, 5.74) is 8.62. The van der Waals surface area contributed by atoms with Crippen LogP contribution in [0.1, 0.15) is 18.4 Å². The molecule has 0 radical (unpaired) electrons. The van der Waals surface area contributed by atoms with Crippen molar-refractivity contribution in [1.82, 2.24) is 34.9 Å². The Morgan fingerprint density at radius 1 is 0.865 bits per heavy atom. The van der Waals surface area contributed by atoms with Crippen molar-refractivity contribution < 1.29 is 0 Å². The van der Waals surface area contributed by atoms with E-state index >= 15 is 0 Å². The normalized spacial score (nSPS) is 17.4. The zero-order valence-corrected chi connectivity index (χ0v) is 21.2. The average Bonchev–Trinajstić information content (AvgIpc) is 3.68. The molecule has 8 nitrogen and oxygen atoms in total. The fourth-order valence-corrected chi connectivity index (χ4v) is 5.74. The molecule has 2 saturated heterocycles. The smallest absolute Gasteiger partial charge is 0.159 e. The zero-order valence-electron chi connectivity index (χ0n) is 21.2. The topological polar surface area (TPSA) is 80.0 Å². The van der Waals surface area contributed by atoms with Crippen molar-refractivity contribution in [1.29, 1.82) is 0 Å². The fraction of sp³-hybridized carbons (Fsp3) is 0.345. The van der Waals surface area contributed by atoms with E-state index in [1.807, 2.05) is 12.4 Å². The number of rotatable bonds is 5. The largest absolute Gasteiger partial charge is 0.367 e. The number of piperazine rings is 1. The average molecular weight is 493 g/mol. The minimum Gasteiger partial charge on any atom is -0.367 e. The molecule has 0 spiro atoms. The number of pyridine rings is 1. The second-order valence-corrected chi connectivity index (χ2v) is 10.4. The number of aromatic amines is 2. The molecule has 8 heteroatoms. The van der Waals surface area contributed by atoms with Crippen molar-refractivity contribution in [2.75, 3.05) is 51.2 Å². The van der Waals surface area contributed by atoms with Gasteiger partial charge in [0.25, 0.3) is 0 Å². The molecule has 5 heterocycles. The molecule has 2 fully saturated rings. The third-order valence-corrected chi connectivity index (χ3v) is 7.86. The van der Waals surface area contributed by atoms with Crippen LogP contribution in [0.15, 0.2) is 54.9 Å². The van der Waals surface area contributed by atoms with Gasteiger partial charge >= 0.3 is 0 Å². The molecule has 0 unspecified atom stereocenters. The third kappa shape index (κ3) is 4.26. The number of benzene rings is 2. The van der Waals surface area contributed by atoms with Crippen molar-refractivity contribution in [3.8, 4) is 22.6 Å². The van der Waals surface area contributed by atoms with Gasteiger partial charge in [0.1, 0.15) is 11.2 Å². The van der Waals surface area contributed by atoms with Crippen LogP contribution in [-0.2, 0) is 6.54 Å². The van der Waals surface area contributed by atoms with E-state index in [-0.39, 0.29) is 0 Å². The Balaban J connectivity index is 1.24. The Bertz CT molecular complexity index is 1550. The van der Waals surface area contributed by atoms with Crippen LogP contribution in [0.25, 0.3) is 44.6 Å². The van der Waals surface area contributed by atoms with E-state index < -0.39 is 0 Å². The van der Waals surface area contributed by atoms with E-state index in [2.05, 4.69) is 84.4 Å². The lowest BCUT2D eigenvalue weighted by Gasteiger charge is -2.34. The number of likely N-dealkylation sites (tertiary alicyclic amines) is 1.